The number of hydrogen-bond acceptors (Lipinski definition) is 3. The maximum Gasteiger partial charge on any atom is 0.255 e. The molecule has 1 saturated heterocycles. The van der Waals surface area contributed by atoms with E-state index in [0.717, 1.165) is 29.8 Å². The zero-order valence-electron chi connectivity index (χ0n) is 14.3. The van der Waals surface area contributed by atoms with Crippen molar-refractivity contribution in [2.45, 2.75) is 32.8 Å². The Balaban J connectivity index is 1.74. The Morgan fingerprint density at radius 3 is 2.42 bits per heavy atom. The highest BCUT2D eigenvalue weighted by molar-refractivity contribution is 5.95. The lowest BCUT2D eigenvalue weighted by Crippen LogP contribution is -2.41. The standard InChI is InChI=1S/C20H24N2O2/c1-14-18(8-9-19(21-14)17-6-4-3-5-7-17)20(24)22-12-10-16(11-13-22)15(2)23/h3-9,15-16,23H,10-13H2,1-2H3. The van der Waals surface area contributed by atoms with E-state index in [9.17, 15) is 9.90 Å². The van der Waals surface area contributed by atoms with Gasteiger partial charge >= 0.3 is 0 Å². The minimum Gasteiger partial charge on any atom is -0.393 e. The van der Waals surface area contributed by atoms with Crippen LogP contribution in [-0.2, 0) is 0 Å². The van der Waals surface area contributed by atoms with E-state index in [0.29, 0.717) is 24.6 Å². The minimum atomic E-state index is -0.296. The van der Waals surface area contributed by atoms with Gasteiger partial charge in [-0.05, 0) is 44.7 Å². The molecule has 3 rings (SSSR count). The third-order valence-electron chi connectivity index (χ3n) is 4.89. The Hall–Kier alpha value is -2.20. The Labute approximate surface area is 143 Å². The summed E-state index contributed by atoms with van der Waals surface area (Å²) in [4.78, 5) is 19.3. The van der Waals surface area contributed by atoms with Crippen LogP contribution in [0.5, 0.6) is 0 Å². The summed E-state index contributed by atoms with van der Waals surface area (Å²) >= 11 is 0. The van der Waals surface area contributed by atoms with Crippen molar-refractivity contribution < 1.29 is 9.90 Å². The first-order chi connectivity index (χ1) is 11.6. The number of hydrogen-bond donors (Lipinski definition) is 1. The van der Waals surface area contributed by atoms with Gasteiger partial charge in [-0.3, -0.25) is 9.78 Å². The van der Waals surface area contributed by atoms with Gasteiger partial charge in [0.25, 0.3) is 5.91 Å². The second-order valence-electron chi connectivity index (χ2n) is 6.57. The van der Waals surface area contributed by atoms with E-state index >= 15 is 0 Å². The van der Waals surface area contributed by atoms with Crippen molar-refractivity contribution in [3.8, 4) is 11.3 Å². The number of nitrogens with zero attached hydrogens (tertiary/aromatic N) is 2. The van der Waals surface area contributed by atoms with Crippen LogP contribution in [0, 0.1) is 12.8 Å². The average Bonchev–Trinajstić information content (AvgIpc) is 2.62. The summed E-state index contributed by atoms with van der Waals surface area (Å²) < 4.78 is 0. The smallest absolute Gasteiger partial charge is 0.255 e. The van der Waals surface area contributed by atoms with Crippen molar-refractivity contribution in [2.24, 2.45) is 5.92 Å². The normalized spacial score (nSPS) is 16.9. The minimum absolute atomic E-state index is 0.0451. The summed E-state index contributed by atoms with van der Waals surface area (Å²) in [7, 11) is 0. The lowest BCUT2D eigenvalue weighted by atomic mass is 9.92. The highest BCUT2D eigenvalue weighted by Crippen LogP contribution is 2.24. The first kappa shape index (κ1) is 16.7. The van der Waals surface area contributed by atoms with Gasteiger partial charge in [-0.2, -0.15) is 0 Å². The van der Waals surface area contributed by atoms with Crippen LogP contribution in [0.4, 0.5) is 0 Å². The maximum absolute atomic E-state index is 12.8. The molecule has 1 N–H and O–H groups in total. The van der Waals surface area contributed by atoms with Gasteiger partial charge in [0, 0.05) is 18.7 Å². The van der Waals surface area contributed by atoms with Crippen LogP contribution >= 0.6 is 0 Å². The maximum atomic E-state index is 12.8. The third kappa shape index (κ3) is 3.49. The number of pyridine rings is 1. The van der Waals surface area contributed by atoms with E-state index in [-0.39, 0.29) is 12.0 Å². The largest absolute Gasteiger partial charge is 0.393 e. The summed E-state index contributed by atoms with van der Waals surface area (Å²) in [5, 5.41) is 9.69. The average molecular weight is 324 g/mol. The molecule has 1 aromatic carbocycles. The molecule has 0 radical (unpaired) electrons. The molecule has 0 saturated carbocycles. The van der Waals surface area contributed by atoms with E-state index < -0.39 is 0 Å². The highest BCUT2D eigenvalue weighted by atomic mass is 16.3. The predicted molar refractivity (Wildman–Crippen MR) is 94.7 cm³/mol. The summed E-state index contributed by atoms with van der Waals surface area (Å²) in [6.07, 6.45) is 1.42. The van der Waals surface area contributed by atoms with Crippen molar-refractivity contribution in [2.75, 3.05) is 13.1 Å². The summed E-state index contributed by atoms with van der Waals surface area (Å²) in [5.74, 6) is 0.345. The van der Waals surface area contributed by atoms with Crippen molar-refractivity contribution in [3.63, 3.8) is 0 Å². The molecule has 2 aromatic rings. The molecule has 1 aromatic heterocycles. The molecule has 2 heterocycles. The SMILES string of the molecule is Cc1nc(-c2ccccc2)ccc1C(=O)N1CCC(C(C)O)CC1. The fraction of sp³-hybridized carbons (Fsp3) is 0.400. The van der Waals surface area contributed by atoms with Gasteiger partial charge in [-0.15, -0.1) is 0 Å². The third-order valence-corrected chi connectivity index (χ3v) is 4.89. The molecule has 1 atom stereocenters. The van der Waals surface area contributed by atoms with Crippen LogP contribution in [0.25, 0.3) is 11.3 Å². The lowest BCUT2D eigenvalue weighted by Gasteiger charge is -2.33. The Kier molecular flexibility index (Phi) is 4.95. The molecule has 1 aliphatic rings. The molecule has 1 fully saturated rings. The first-order valence-corrected chi connectivity index (χ1v) is 8.56. The molecule has 0 aliphatic carbocycles. The van der Waals surface area contributed by atoms with E-state index in [1.54, 1.807) is 0 Å². The van der Waals surface area contributed by atoms with Gasteiger partial charge in [0.1, 0.15) is 0 Å². The number of carbonyl (C=O) groups excluding carboxylic acids is 1. The summed E-state index contributed by atoms with van der Waals surface area (Å²) in [6, 6.07) is 13.8. The molecule has 4 nitrogen and oxygen atoms in total. The van der Waals surface area contributed by atoms with Crippen LogP contribution in [0.1, 0.15) is 35.8 Å². The molecule has 1 aliphatic heterocycles. The number of piperidine rings is 1. The van der Waals surface area contributed by atoms with Crippen molar-refractivity contribution in [1.82, 2.24) is 9.88 Å². The molecule has 0 spiro atoms. The molecule has 4 heteroatoms. The second-order valence-corrected chi connectivity index (χ2v) is 6.57. The van der Waals surface area contributed by atoms with Crippen LogP contribution in [0.15, 0.2) is 42.5 Å². The van der Waals surface area contributed by atoms with Crippen LogP contribution < -0.4 is 0 Å². The van der Waals surface area contributed by atoms with Gasteiger partial charge in [-0.25, -0.2) is 0 Å². The van der Waals surface area contributed by atoms with Gasteiger partial charge in [0.05, 0.1) is 23.1 Å². The number of rotatable bonds is 3. The lowest BCUT2D eigenvalue weighted by molar-refractivity contribution is 0.0520. The number of aliphatic hydroxyl groups is 1. The fourth-order valence-electron chi connectivity index (χ4n) is 3.31. The fourth-order valence-corrected chi connectivity index (χ4v) is 3.31. The van der Waals surface area contributed by atoms with E-state index in [1.807, 2.05) is 61.2 Å². The quantitative estimate of drug-likeness (QED) is 0.942. The van der Waals surface area contributed by atoms with E-state index in [2.05, 4.69) is 4.98 Å². The first-order valence-electron chi connectivity index (χ1n) is 8.56. The van der Waals surface area contributed by atoms with Gasteiger partial charge in [0.2, 0.25) is 0 Å². The monoisotopic (exact) mass is 324 g/mol. The highest BCUT2D eigenvalue weighted by Gasteiger charge is 2.26. The van der Waals surface area contributed by atoms with Crippen LogP contribution in [0.3, 0.4) is 0 Å². The molecular formula is C20H24N2O2. The Bertz CT molecular complexity index is 705. The van der Waals surface area contributed by atoms with Gasteiger partial charge in [-0.1, -0.05) is 30.3 Å². The number of amides is 1. The Morgan fingerprint density at radius 2 is 1.83 bits per heavy atom. The van der Waals surface area contributed by atoms with Crippen molar-refractivity contribution in [3.05, 3.63) is 53.7 Å². The molecule has 24 heavy (non-hydrogen) atoms. The molecular weight excluding hydrogens is 300 g/mol. The zero-order valence-corrected chi connectivity index (χ0v) is 14.3. The van der Waals surface area contributed by atoms with Gasteiger partial charge in [0.15, 0.2) is 0 Å². The van der Waals surface area contributed by atoms with Crippen molar-refractivity contribution >= 4 is 5.91 Å². The summed E-state index contributed by atoms with van der Waals surface area (Å²) in [5.41, 5.74) is 3.37. The Morgan fingerprint density at radius 1 is 1.17 bits per heavy atom. The number of likely N-dealkylation sites (tertiary alicyclic amines) is 1. The number of aliphatic hydroxyl groups excluding tert-OH is 1. The summed E-state index contributed by atoms with van der Waals surface area (Å²) in [6.45, 7) is 5.13. The van der Waals surface area contributed by atoms with Crippen LogP contribution in [-0.4, -0.2) is 40.1 Å². The number of aryl methyl sites for hydroxylation is 1. The molecule has 126 valence electrons. The van der Waals surface area contributed by atoms with Crippen molar-refractivity contribution in [1.29, 1.82) is 0 Å². The number of aromatic nitrogens is 1. The topological polar surface area (TPSA) is 53.4 Å². The number of benzene rings is 1. The molecule has 1 unspecified atom stereocenters. The van der Waals surface area contributed by atoms with Crippen LogP contribution in [0.2, 0.25) is 0 Å². The van der Waals surface area contributed by atoms with E-state index in [4.69, 9.17) is 0 Å². The molecule has 0 bridgehead atoms. The number of carbonyl (C=O) groups is 1. The molecule has 1 amide bonds. The predicted octanol–water partition coefficient (Wildman–Crippen LogP) is 3.29. The zero-order chi connectivity index (χ0) is 17.1. The van der Waals surface area contributed by atoms with Gasteiger partial charge < -0.3 is 10.0 Å². The second kappa shape index (κ2) is 7.14. The van der Waals surface area contributed by atoms with E-state index in [1.165, 1.54) is 0 Å².